The Morgan fingerprint density at radius 2 is 2.35 bits per heavy atom. The Bertz CT molecular complexity index is 366. The second-order valence-corrected chi connectivity index (χ2v) is 3.69. The molecule has 0 fully saturated rings. The van der Waals surface area contributed by atoms with E-state index < -0.39 is 0 Å². The fourth-order valence-electron chi connectivity index (χ4n) is 1.13. The van der Waals surface area contributed by atoms with Crippen LogP contribution in [0.3, 0.4) is 0 Å². The fraction of sp³-hybridized carbons (Fsp3) is 0.400. The number of ether oxygens (including phenoxy) is 1. The lowest BCUT2D eigenvalue weighted by atomic mass is 10.4. The van der Waals surface area contributed by atoms with E-state index in [9.17, 15) is 4.79 Å². The number of carbonyl (C=O) groups is 1. The van der Waals surface area contributed by atoms with E-state index in [1.54, 1.807) is 13.2 Å². The number of aromatic nitrogens is 1. The van der Waals surface area contributed by atoms with Crippen molar-refractivity contribution in [2.75, 3.05) is 37.9 Å². The predicted octanol–water partition coefficient (Wildman–Crippen LogP) is 0.492. The minimum absolute atomic E-state index is 0.108. The number of pyridine rings is 1. The number of halogens is 1. The third-order valence-corrected chi connectivity index (χ3v) is 2.07. The highest BCUT2D eigenvalue weighted by atomic mass is 35.5. The molecule has 0 aliphatic carbocycles. The van der Waals surface area contributed by atoms with Gasteiger partial charge >= 0.3 is 0 Å². The number of nitrogens with two attached hydrogens (primary N) is 1. The number of methoxy groups -OCH3 is 1. The van der Waals surface area contributed by atoms with Gasteiger partial charge in [0.25, 0.3) is 0 Å². The first-order valence-electron chi connectivity index (χ1n) is 5.04. The summed E-state index contributed by atoms with van der Waals surface area (Å²) in [7, 11) is 1.57. The number of hydrogen-bond acceptors (Lipinski definition) is 5. The molecule has 1 heterocycles. The van der Waals surface area contributed by atoms with Gasteiger partial charge in [0.2, 0.25) is 5.91 Å². The maximum atomic E-state index is 11.3. The first-order valence-corrected chi connectivity index (χ1v) is 5.42. The van der Waals surface area contributed by atoms with Crippen LogP contribution < -0.4 is 16.4 Å². The molecule has 0 radical (unpaired) electrons. The van der Waals surface area contributed by atoms with Crippen molar-refractivity contribution in [3.8, 4) is 0 Å². The van der Waals surface area contributed by atoms with Crippen molar-refractivity contribution in [1.29, 1.82) is 0 Å². The Hall–Kier alpha value is -1.53. The summed E-state index contributed by atoms with van der Waals surface area (Å²) in [6.45, 7) is 1.06. The Morgan fingerprint density at radius 3 is 3.00 bits per heavy atom. The molecule has 0 saturated heterocycles. The molecule has 0 aliphatic heterocycles. The largest absolute Gasteiger partial charge is 0.399 e. The van der Waals surface area contributed by atoms with Crippen LogP contribution in [0.5, 0.6) is 0 Å². The summed E-state index contributed by atoms with van der Waals surface area (Å²) in [5.74, 6) is 0.319. The van der Waals surface area contributed by atoms with Gasteiger partial charge in [-0.25, -0.2) is 4.98 Å². The van der Waals surface area contributed by atoms with Crippen molar-refractivity contribution in [3.05, 3.63) is 17.3 Å². The zero-order chi connectivity index (χ0) is 12.7. The Balaban J connectivity index is 2.36. The van der Waals surface area contributed by atoms with Gasteiger partial charge in [0.1, 0.15) is 11.0 Å². The molecule has 6 nitrogen and oxygen atoms in total. The molecule has 1 amide bonds. The molecule has 17 heavy (non-hydrogen) atoms. The number of anilines is 2. The van der Waals surface area contributed by atoms with Crippen LogP contribution >= 0.6 is 11.6 Å². The summed E-state index contributed by atoms with van der Waals surface area (Å²) in [5.41, 5.74) is 6.08. The summed E-state index contributed by atoms with van der Waals surface area (Å²) >= 11 is 5.72. The van der Waals surface area contributed by atoms with E-state index in [1.165, 1.54) is 6.07 Å². The third-order valence-electron chi connectivity index (χ3n) is 1.87. The molecule has 0 spiro atoms. The van der Waals surface area contributed by atoms with Crippen LogP contribution in [0.25, 0.3) is 0 Å². The molecule has 4 N–H and O–H groups in total. The number of hydrogen-bond donors (Lipinski definition) is 3. The third kappa shape index (κ3) is 5.37. The van der Waals surface area contributed by atoms with E-state index in [0.29, 0.717) is 24.7 Å². The molecule has 0 bridgehead atoms. The Kier molecular flexibility index (Phi) is 5.51. The second-order valence-electron chi connectivity index (χ2n) is 3.30. The van der Waals surface area contributed by atoms with Crippen molar-refractivity contribution in [3.63, 3.8) is 0 Å². The van der Waals surface area contributed by atoms with E-state index >= 15 is 0 Å². The van der Waals surface area contributed by atoms with Crippen molar-refractivity contribution in [1.82, 2.24) is 10.3 Å². The summed E-state index contributed by atoms with van der Waals surface area (Å²) < 4.78 is 4.81. The predicted molar refractivity (Wildman–Crippen MR) is 67.0 cm³/mol. The minimum atomic E-state index is -0.151. The average molecular weight is 259 g/mol. The maximum absolute atomic E-state index is 11.3. The minimum Gasteiger partial charge on any atom is -0.399 e. The number of nitrogen functional groups attached to an aromatic ring is 1. The van der Waals surface area contributed by atoms with Gasteiger partial charge in [0, 0.05) is 25.4 Å². The first-order chi connectivity index (χ1) is 8.11. The van der Waals surface area contributed by atoms with Crippen LogP contribution in [-0.4, -0.2) is 37.7 Å². The highest BCUT2D eigenvalue weighted by molar-refractivity contribution is 6.29. The summed E-state index contributed by atoms with van der Waals surface area (Å²) in [6.07, 6.45) is 0. The highest BCUT2D eigenvalue weighted by Crippen LogP contribution is 2.15. The number of nitrogens with zero attached hydrogens (tertiary/aromatic N) is 1. The normalized spacial score (nSPS) is 10.0. The molecule has 0 aromatic carbocycles. The summed E-state index contributed by atoms with van der Waals surface area (Å²) in [5, 5.41) is 5.77. The van der Waals surface area contributed by atoms with E-state index in [0.717, 1.165) is 0 Å². The number of amides is 1. The zero-order valence-electron chi connectivity index (χ0n) is 9.50. The highest BCUT2D eigenvalue weighted by Gasteiger charge is 2.02. The molecular weight excluding hydrogens is 244 g/mol. The van der Waals surface area contributed by atoms with Gasteiger partial charge in [-0.2, -0.15) is 0 Å². The van der Waals surface area contributed by atoms with Crippen LogP contribution in [-0.2, 0) is 9.53 Å². The molecule has 0 saturated carbocycles. The summed E-state index contributed by atoms with van der Waals surface area (Å²) in [4.78, 5) is 15.3. The lowest BCUT2D eigenvalue weighted by molar-refractivity contribution is -0.119. The molecule has 0 atom stereocenters. The number of nitrogens with one attached hydrogen (secondary N) is 2. The van der Waals surface area contributed by atoms with E-state index in [4.69, 9.17) is 22.1 Å². The molecule has 94 valence electrons. The molecule has 0 aliphatic rings. The quantitative estimate of drug-likeness (QED) is 0.511. The first kappa shape index (κ1) is 13.5. The maximum Gasteiger partial charge on any atom is 0.239 e. The zero-order valence-corrected chi connectivity index (χ0v) is 10.3. The van der Waals surface area contributed by atoms with Crippen LogP contribution in [0.2, 0.25) is 5.15 Å². The van der Waals surface area contributed by atoms with Crippen molar-refractivity contribution < 1.29 is 9.53 Å². The summed E-state index contributed by atoms with van der Waals surface area (Å²) in [6, 6.07) is 3.14. The molecule has 0 unspecified atom stereocenters. The topological polar surface area (TPSA) is 89.3 Å². The standard InChI is InChI=1S/C10H15ClN4O2/c1-17-3-2-13-10(16)6-14-9-5-7(12)4-8(11)15-9/h4-5H,2-3,6H2,1H3,(H,13,16)(H3,12,14,15). The van der Waals surface area contributed by atoms with Gasteiger partial charge in [0.15, 0.2) is 0 Å². The molecular formula is C10H15ClN4O2. The van der Waals surface area contributed by atoms with Gasteiger partial charge in [-0.1, -0.05) is 11.6 Å². The van der Waals surface area contributed by atoms with Crippen LogP contribution in [0.4, 0.5) is 11.5 Å². The number of carbonyl (C=O) groups excluding carboxylic acids is 1. The smallest absolute Gasteiger partial charge is 0.239 e. The van der Waals surface area contributed by atoms with Crippen LogP contribution in [0, 0.1) is 0 Å². The molecule has 1 aromatic rings. The van der Waals surface area contributed by atoms with Crippen molar-refractivity contribution >= 4 is 29.0 Å². The van der Waals surface area contributed by atoms with Gasteiger partial charge < -0.3 is 21.1 Å². The second kappa shape index (κ2) is 6.93. The lowest BCUT2D eigenvalue weighted by Gasteiger charge is -2.07. The van der Waals surface area contributed by atoms with Gasteiger partial charge in [-0.05, 0) is 6.07 Å². The van der Waals surface area contributed by atoms with E-state index in [2.05, 4.69) is 15.6 Å². The van der Waals surface area contributed by atoms with Crippen LogP contribution in [0.15, 0.2) is 12.1 Å². The van der Waals surface area contributed by atoms with Gasteiger partial charge in [-0.3, -0.25) is 4.79 Å². The van der Waals surface area contributed by atoms with Gasteiger partial charge in [0.05, 0.1) is 13.2 Å². The molecule has 7 heteroatoms. The average Bonchev–Trinajstić information content (AvgIpc) is 2.25. The van der Waals surface area contributed by atoms with E-state index in [1.807, 2.05) is 0 Å². The Morgan fingerprint density at radius 1 is 1.59 bits per heavy atom. The lowest BCUT2D eigenvalue weighted by Crippen LogP contribution is -2.32. The number of rotatable bonds is 6. The molecule has 1 aromatic heterocycles. The fourth-order valence-corrected chi connectivity index (χ4v) is 1.35. The monoisotopic (exact) mass is 258 g/mol. The van der Waals surface area contributed by atoms with E-state index in [-0.39, 0.29) is 17.6 Å². The van der Waals surface area contributed by atoms with Crippen molar-refractivity contribution in [2.45, 2.75) is 0 Å². The SMILES string of the molecule is COCCNC(=O)CNc1cc(N)cc(Cl)n1. The Labute approximate surface area is 104 Å². The molecule has 1 rings (SSSR count). The van der Waals surface area contributed by atoms with Crippen LogP contribution in [0.1, 0.15) is 0 Å². The van der Waals surface area contributed by atoms with Crippen molar-refractivity contribution in [2.24, 2.45) is 0 Å². The van der Waals surface area contributed by atoms with Gasteiger partial charge in [-0.15, -0.1) is 0 Å².